The number of nitrogens with one attached hydrogen (secondary N) is 3. The summed E-state index contributed by atoms with van der Waals surface area (Å²) in [6.45, 7) is 4.46. The maximum absolute atomic E-state index is 14.4. The minimum Gasteiger partial charge on any atom is -0.474 e. The van der Waals surface area contributed by atoms with Gasteiger partial charge in [0.05, 0.1) is 17.7 Å². The monoisotopic (exact) mass is 515 g/mol. The van der Waals surface area contributed by atoms with Gasteiger partial charge in [0, 0.05) is 24.5 Å². The molecule has 0 bridgehead atoms. The molecule has 0 spiro atoms. The molecule has 1 fully saturated rings. The van der Waals surface area contributed by atoms with Gasteiger partial charge in [-0.3, -0.25) is 13.9 Å². The Morgan fingerprint density at radius 2 is 1.81 bits per heavy atom. The average molecular weight is 516 g/mol. The minimum atomic E-state index is -2.45. The first kappa shape index (κ1) is 24.0. The summed E-state index contributed by atoms with van der Waals surface area (Å²) in [4.78, 5) is 26.8. The van der Waals surface area contributed by atoms with Gasteiger partial charge in [-0.05, 0) is 50.2 Å². The number of amides is 1. The fraction of sp³-hybridized carbons (Fsp3) is 0.304. The number of halogens is 1. The zero-order valence-electron chi connectivity index (χ0n) is 19.7. The smallest absolute Gasteiger partial charge is 0.269 e. The van der Waals surface area contributed by atoms with Crippen LogP contribution in [0.4, 0.5) is 39.2 Å². The van der Waals surface area contributed by atoms with Crippen molar-refractivity contribution in [1.29, 1.82) is 0 Å². The second-order valence-electron chi connectivity index (χ2n) is 8.99. The van der Waals surface area contributed by atoms with Gasteiger partial charge in [-0.1, -0.05) is 0 Å². The Morgan fingerprint density at radius 1 is 1.08 bits per heavy atom. The highest BCUT2D eigenvalue weighted by atomic mass is 32.3. The van der Waals surface area contributed by atoms with Crippen molar-refractivity contribution in [3.8, 4) is 5.75 Å². The van der Waals surface area contributed by atoms with Crippen LogP contribution < -0.4 is 25.6 Å². The number of hydrogen-bond acceptors (Lipinski definition) is 10. The molecule has 2 aliphatic heterocycles. The lowest BCUT2D eigenvalue weighted by atomic mass is 10.1. The summed E-state index contributed by atoms with van der Waals surface area (Å²) >= 11 is 0. The average Bonchev–Trinajstić information content (AvgIpc) is 2.83. The Kier molecular flexibility index (Phi) is 6.06. The molecule has 13 heteroatoms. The van der Waals surface area contributed by atoms with Crippen molar-refractivity contribution >= 4 is 51.3 Å². The van der Waals surface area contributed by atoms with E-state index in [-0.39, 0.29) is 29.3 Å². The maximum atomic E-state index is 14.4. The first-order valence-electron chi connectivity index (χ1n) is 11.2. The molecule has 5 rings (SSSR count). The first-order chi connectivity index (χ1) is 17.1. The largest absolute Gasteiger partial charge is 0.474 e. The number of aromatic nitrogens is 3. The standard InChI is InChI=1S/C23H26FN7O4S/c1-23(2)21(32)29-20-17(35-23)7-8-18(28-20)27-19-16(24)13-25-22(30-19)26-14-3-5-15(6-4-14)31-9-11-36(33,34)12-10-31/h3-8,13,33-34H,9-12H2,1-2H3,(H3,25,26,27,28,29,30,32). The summed E-state index contributed by atoms with van der Waals surface area (Å²) in [5.41, 5.74) is 0.656. The predicted molar refractivity (Wildman–Crippen MR) is 137 cm³/mol. The number of carbonyl (C=O) groups is 1. The molecule has 36 heavy (non-hydrogen) atoms. The molecular formula is C23H26FN7O4S. The number of rotatable bonds is 5. The lowest BCUT2D eigenvalue weighted by Crippen LogP contribution is -2.46. The number of hydrogen-bond donors (Lipinski definition) is 5. The van der Waals surface area contributed by atoms with E-state index in [1.807, 2.05) is 24.3 Å². The second kappa shape index (κ2) is 9.08. The molecule has 0 aliphatic carbocycles. The third-order valence-electron chi connectivity index (χ3n) is 5.86. The van der Waals surface area contributed by atoms with E-state index in [1.54, 1.807) is 26.0 Å². The molecule has 4 heterocycles. The summed E-state index contributed by atoms with van der Waals surface area (Å²) in [7, 11) is -2.45. The van der Waals surface area contributed by atoms with Gasteiger partial charge in [0.1, 0.15) is 5.82 Å². The molecule has 5 N–H and O–H groups in total. The van der Waals surface area contributed by atoms with Crippen LogP contribution in [0.5, 0.6) is 5.75 Å². The quantitative estimate of drug-likeness (QED) is 0.336. The van der Waals surface area contributed by atoms with Crippen molar-refractivity contribution in [3.05, 3.63) is 48.4 Å². The van der Waals surface area contributed by atoms with Crippen molar-refractivity contribution in [2.45, 2.75) is 19.4 Å². The van der Waals surface area contributed by atoms with Gasteiger partial charge in [-0.2, -0.15) is 15.6 Å². The fourth-order valence-electron chi connectivity index (χ4n) is 3.77. The Labute approximate surface area is 208 Å². The highest BCUT2D eigenvalue weighted by molar-refractivity contribution is 8.24. The number of benzene rings is 1. The summed E-state index contributed by atoms with van der Waals surface area (Å²) in [5, 5.41) is 8.54. The summed E-state index contributed by atoms with van der Waals surface area (Å²) < 4.78 is 39.7. The van der Waals surface area contributed by atoms with Gasteiger partial charge >= 0.3 is 0 Å². The molecule has 1 saturated heterocycles. The van der Waals surface area contributed by atoms with E-state index < -0.39 is 22.0 Å². The molecular weight excluding hydrogens is 489 g/mol. The number of nitrogens with zero attached hydrogens (tertiary/aromatic N) is 4. The van der Waals surface area contributed by atoms with Gasteiger partial charge in [-0.15, -0.1) is 0 Å². The Bertz CT molecular complexity index is 1300. The summed E-state index contributed by atoms with van der Waals surface area (Å²) in [6.07, 6.45) is 1.05. The second-order valence-corrected chi connectivity index (χ2v) is 11.4. The van der Waals surface area contributed by atoms with E-state index >= 15 is 0 Å². The van der Waals surface area contributed by atoms with Crippen LogP contribution >= 0.6 is 10.6 Å². The van der Waals surface area contributed by atoms with Crippen molar-refractivity contribution in [2.24, 2.45) is 0 Å². The van der Waals surface area contributed by atoms with E-state index in [9.17, 15) is 18.3 Å². The lowest BCUT2D eigenvalue weighted by Gasteiger charge is -2.41. The van der Waals surface area contributed by atoms with E-state index in [1.165, 1.54) is 0 Å². The predicted octanol–water partition coefficient (Wildman–Crippen LogP) is 4.18. The van der Waals surface area contributed by atoms with Crippen LogP contribution in [0.2, 0.25) is 0 Å². The Hall–Kier alpha value is -3.68. The number of carbonyl (C=O) groups excluding carboxylic acids is 1. The van der Waals surface area contributed by atoms with Crippen LogP contribution in [-0.4, -0.2) is 60.2 Å². The van der Waals surface area contributed by atoms with Crippen LogP contribution in [0, 0.1) is 5.82 Å². The van der Waals surface area contributed by atoms with Crippen LogP contribution in [0.3, 0.4) is 0 Å². The molecule has 11 nitrogen and oxygen atoms in total. The maximum Gasteiger partial charge on any atom is 0.269 e. The van der Waals surface area contributed by atoms with E-state index in [4.69, 9.17) is 4.74 Å². The van der Waals surface area contributed by atoms with E-state index in [0.29, 0.717) is 36.0 Å². The van der Waals surface area contributed by atoms with Crippen LogP contribution in [0.1, 0.15) is 13.8 Å². The molecule has 2 aromatic heterocycles. The third-order valence-corrected chi connectivity index (χ3v) is 7.53. The molecule has 3 aromatic rings. The van der Waals surface area contributed by atoms with Gasteiger partial charge in [-0.25, -0.2) is 14.4 Å². The number of ether oxygens (including phenoxy) is 1. The van der Waals surface area contributed by atoms with Gasteiger partial charge in [0.2, 0.25) is 5.95 Å². The lowest BCUT2D eigenvalue weighted by molar-refractivity contribution is -0.129. The molecule has 1 aromatic carbocycles. The van der Waals surface area contributed by atoms with Crippen molar-refractivity contribution in [2.75, 3.05) is 45.4 Å². The highest BCUT2D eigenvalue weighted by Gasteiger charge is 2.36. The number of anilines is 6. The van der Waals surface area contributed by atoms with Crippen molar-refractivity contribution in [1.82, 2.24) is 15.0 Å². The summed E-state index contributed by atoms with van der Waals surface area (Å²) in [5.74, 6) is 0.721. The topological polar surface area (TPSA) is 145 Å². The molecule has 0 radical (unpaired) electrons. The zero-order valence-corrected chi connectivity index (χ0v) is 20.5. The van der Waals surface area contributed by atoms with Crippen molar-refractivity contribution in [3.63, 3.8) is 0 Å². The first-order valence-corrected chi connectivity index (χ1v) is 13.1. The molecule has 2 aliphatic rings. The zero-order chi connectivity index (χ0) is 25.5. The highest BCUT2D eigenvalue weighted by Crippen LogP contribution is 2.41. The van der Waals surface area contributed by atoms with Gasteiger partial charge in [0.15, 0.2) is 28.8 Å². The number of fused-ring (bicyclic) bond motifs is 1. The van der Waals surface area contributed by atoms with Crippen LogP contribution in [0.15, 0.2) is 42.6 Å². The molecule has 0 atom stereocenters. The number of pyridine rings is 1. The van der Waals surface area contributed by atoms with Crippen molar-refractivity contribution < 1.29 is 23.0 Å². The summed E-state index contributed by atoms with van der Waals surface area (Å²) in [6, 6.07) is 10.7. The fourth-order valence-corrected chi connectivity index (χ4v) is 5.00. The van der Waals surface area contributed by atoms with Crippen LogP contribution in [0.25, 0.3) is 0 Å². The molecule has 0 unspecified atom stereocenters. The minimum absolute atomic E-state index is 0.0905. The molecule has 1 amide bonds. The third kappa shape index (κ3) is 5.12. The van der Waals surface area contributed by atoms with E-state index in [0.717, 1.165) is 11.9 Å². The van der Waals surface area contributed by atoms with Crippen LogP contribution in [-0.2, 0) is 4.79 Å². The SMILES string of the molecule is CC1(C)Oc2ccc(Nc3nc(Nc4ccc(N5CCS(O)(O)CC5)cc4)ncc3F)nc2NC1=O. The van der Waals surface area contributed by atoms with Gasteiger partial charge < -0.3 is 25.6 Å². The molecule has 0 saturated carbocycles. The molecule has 190 valence electrons. The van der Waals surface area contributed by atoms with E-state index in [2.05, 4.69) is 35.8 Å². The Morgan fingerprint density at radius 3 is 2.53 bits per heavy atom. The van der Waals surface area contributed by atoms with Gasteiger partial charge in [0.25, 0.3) is 5.91 Å². The normalized spacial score (nSPS) is 18.9. The Balaban J connectivity index is 1.27.